The van der Waals surface area contributed by atoms with Crippen molar-refractivity contribution in [2.24, 2.45) is 0 Å². The summed E-state index contributed by atoms with van der Waals surface area (Å²) in [7, 11) is 0. The Kier molecular flexibility index (Phi) is 3.31. The molecule has 24 heavy (non-hydrogen) atoms. The smallest absolute Gasteiger partial charge is 0.199 e. The van der Waals surface area contributed by atoms with Crippen molar-refractivity contribution in [1.29, 1.82) is 0 Å². The van der Waals surface area contributed by atoms with Crippen LogP contribution in [-0.2, 0) is 6.18 Å². The number of aromatic nitrogens is 4. The highest BCUT2D eigenvalue weighted by molar-refractivity contribution is 9.10. The van der Waals surface area contributed by atoms with E-state index in [2.05, 4.69) is 31.5 Å². The molecule has 0 amide bonds. The van der Waals surface area contributed by atoms with Gasteiger partial charge >= 0.3 is 6.18 Å². The molecule has 4 aromatic rings. The maximum atomic E-state index is 12.8. The van der Waals surface area contributed by atoms with E-state index in [4.69, 9.17) is 0 Å². The van der Waals surface area contributed by atoms with Crippen LogP contribution in [0.3, 0.4) is 0 Å². The van der Waals surface area contributed by atoms with E-state index in [1.54, 1.807) is 6.20 Å². The zero-order valence-corrected chi connectivity index (χ0v) is 13.5. The van der Waals surface area contributed by atoms with Gasteiger partial charge in [0.15, 0.2) is 5.65 Å². The van der Waals surface area contributed by atoms with E-state index in [0.29, 0.717) is 11.2 Å². The molecule has 2 aromatic heterocycles. The molecule has 0 saturated carbocycles. The van der Waals surface area contributed by atoms with Crippen LogP contribution in [0.4, 0.5) is 13.2 Å². The average Bonchev–Trinajstić information content (AvgIpc) is 3.02. The fourth-order valence-electron chi connectivity index (χ4n) is 2.65. The quantitative estimate of drug-likeness (QED) is 0.470. The summed E-state index contributed by atoms with van der Waals surface area (Å²) in [6, 6.07) is 10.7. The Hall–Kier alpha value is -2.48. The molecule has 0 bridgehead atoms. The second kappa shape index (κ2) is 5.27. The molecule has 8 heteroatoms. The molecule has 0 fully saturated rings. The molecule has 120 valence electrons. The van der Waals surface area contributed by atoms with E-state index >= 15 is 0 Å². The van der Waals surface area contributed by atoms with Gasteiger partial charge in [0, 0.05) is 21.6 Å². The van der Waals surface area contributed by atoms with Gasteiger partial charge in [-0.15, -0.1) is 5.10 Å². The third-order valence-corrected chi connectivity index (χ3v) is 4.27. The molecule has 2 aromatic carbocycles. The number of halogens is 4. The van der Waals surface area contributed by atoms with Gasteiger partial charge in [0.25, 0.3) is 0 Å². The molecule has 0 unspecified atom stereocenters. The summed E-state index contributed by atoms with van der Waals surface area (Å²) in [5.41, 5.74) is 1.32. The largest absolute Gasteiger partial charge is 0.416 e. The van der Waals surface area contributed by atoms with Gasteiger partial charge in [-0.25, -0.2) is 0 Å². The van der Waals surface area contributed by atoms with Crippen LogP contribution in [0.5, 0.6) is 0 Å². The summed E-state index contributed by atoms with van der Waals surface area (Å²) in [5.74, 6) is 0. The number of hydrogen-bond acceptors (Lipinski definition) is 3. The molecule has 4 rings (SSSR count). The minimum atomic E-state index is -4.36. The van der Waals surface area contributed by atoms with Crippen molar-refractivity contribution in [3.05, 3.63) is 58.7 Å². The zero-order valence-electron chi connectivity index (χ0n) is 11.9. The standard InChI is InChI=1S/C16H8BrF3N4/c17-11-5-6-12-13(7-11)15-21-22-23-24(15)8-14(12)9-1-3-10(4-2-9)16(18,19)20/h1-8H. The average molecular weight is 393 g/mol. The molecule has 0 radical (unpaired) electrons. The van der Waals surface area contributed by atoms with Crippen LogP contribution in [-0.4, -0.2) is 20.0 Å². The van der Waals surface area contributed by atoms with Gasteiger partial charge in [-0.1, -0.05) is 34.1 Å². The van der Waals surface area contributed by atoms with Crippen LogP contribution < -0.4 is 0 Å². The lowest BCUT2D eigenvalue weighted by atomic mass is 9.99. The first-order chi connectivity index (χ1) is 11.4. The van der Waals surface area contributed by atoms with Crippen molar-refractivity contribution in [3.8, 4) is 11.1 Å². The first-order valence-electron chi connectivity index (χ1n) is 6.91. The summed E-state index contributed by atoms with van der Waals surface area (Å²) in [6.45, 7) is 0. The van der Waals surface area contributed by atoms with Gasteiger partial charge in [-0.05, 0) is 45.6 Å². The lowest BCUT2D eigenvalue weighted by Gasteiger charge is -2.10. The van der Waals surface area contributed by atoms with E-state index in [0.717, 1.165) is 32.9 Å². The fraction of sp³-hybridized carbons (Fsp3) is 0.0625. The van der Waals surface area contributed by atoms with Crippen molar-refractivity contribution in [1.82, 2.24) is 20.0 Å². The van der Waals surface area contributed by atoms with E-state index < -0.39 is 11.7 Å². The third kappa shape index (κ3) is 2.43. The van der Waals surface area contributed by atoms with Crippen LogP contribution in [0.15, 0.2) is 53.1 Å². The Morgan fingerprint density at radius 3 is 2.42 bits per heavy atom. The monoisotopic (exact) mass is 392 g/mol. The van der Waals surface area contributed by atoms with E-state index in [1.165, 1.54) is 16.6 Å². The van der Waals surface area contributed by atoms with Crippen molar-refractivity contribution >= 4 is 32.3 Å². The Morgan fingerprint density at radius 1 is 0.958 bits per heavy atom. The molecule has 0 saturated heterocycles. The van der Waals surface area contributed by atoms with E-state index in [-0.39, 0.29) is 0 Å². The minimum Gasteiger partial charge on any atom is -0.199 e. The summed E-state index contributed by atoms with van der Waals surface area (Å²) in [5, 5.41) is 13.2. The Bertz CT molecular complexity index is 1050. The van der Waals surface area contributed by atoms with Crippen LogP contribution >= 0.6 is 15.9 Å². The minimum absolute atomic E-state index is 0.585. The molecule has 0 aliphatic carbocycles. The maximum absolute atomic E-state index is 12.8. The van der Waals surface area contributed by atoms with Gasteiger partial charge in [-0.2, -0.15) is 17.7 Å². The number of nitrogens with zero attached hydrogens (tertiary/aromatic N) is 4. The molecule has 0 aliphatic rings. The summed E-state index contributed by atoms with van der Waals surface area (Å²) in [4.78, 5) is 0. The maximum Gasteiger partial charge on any atom is 0.416 e. The third-order valence-electron chi connectivity index (χ3n) is 3.78. The molecule has 4 nitrogen and oxygen atoms in total. The van der Waals surface area contributed by atoms with Gasteiger partial charge in [0.2, 0.25) is 0 Å². The zero-order chi connectivity index (χ0) is 16.9. The molecule has 0 spiro atoms. The first-order valence-corrected chi connectivity index (χ1v) is 7.70. The number of tetrazole rings is 1. The normalized spacial score (nSPS) is 12.2. The van der Waals surface area contributed by atoms with Crippen LogP contribution in [0.1, 0.15) is 5.56 Å². The molecule has 0 aliphatic heterocycles. The predicted octanol–water partition coefficient (Wildman–Crippen LogP) is 4.73. The van der Waals surface area contributed by atoms with E-state index in [1.807, 2.05) is 18.2 Å². The van der Waals surface area contributed by atoms with Crippen molar-refractivity contribution in [2.45, 2.75) is 6.18 Å². The number of pyridine rings is 1. The van der Waals surface area contributed by atoms with Gasteiger partial charge in [0.1, 0.15) is 0 Å². The molecular weight excluding hydrogens is 385 g/mol. The topological polar surface area (TPSA) is 43.1 Å². The Morgan fingerprint density at radius 2 is 1.71 bits per heavy atom. The first kappa shape index (κ1) is 15.1. The second-order valence-corrected chi connectivity index (χ2v) is 6.17. The number of hydrogen-bond donors (Lipinski definition) is 0. The molecule has 2 heterocycles. The lowest BCUT2D eigenvalue weighted by Crippen LogP contribution is -2.04. The molecule has 0 atom stereocenters. The van der Waals surface area contributed by atoms with Crippen molar-refractivity contribution in [3.63, 3.8) is 0 Å². The highest BCUT2D eigenvalue weighted by Crippen LogP contribution is 2.34. The van der Waals surface area contributed by atoms with Crippen molar-refractivity contribution < 1.29 is 13.2 Å². The Balaban J connectivity index is 1.98. The number of rotatable bonds is 1. The van der Waals surface area contributed by atoms with Crippen LogP contribution in [0, 0.1) is 0 Å². The fourth-order valence-corrected chi connectivity index (χ4v) is 3.02. The Labute approximate surface area is 142 Å². The summed E-state index contributed by atoms with van der Waals surface area (Å²) in [6.07, 6.45) is -2.64. The number of benzene rings is 2. The van der Waals surface area contributed by atoms with Crippen LogP contribution in [0.2, 0.25) is 0 Å². The molecule has 0 N–H and O–H groups in total. The summed E-state index contributed by atoms with van der Waals surface area (Å²) < 4.78 is 40.6. The summed E-state index contributed by atoms with van der Waals surface area (Å²) >= 11 is 3.42. The van der Waals surface area contributed by atoms with Gasteiger partial charge in [0.05, 0.1) is 5.56 Å². The second-order valence-electron chi connectivity index (χ2n) is 5.25. The predicted molar refractivity (Wildman–Crippen MR) is 86.4 cm³/mol. The number of fused-ring (bicyclic) bond motifs is 3. The number of alkyl halides is 3. The van der Waals surface area contributed by atoms with Gasteiger partial charge < -0.3 is 0 Å². The molecular formula is C16H8BrF3N4. The van der Waals surface area contributed by atoms with E-state index in [9.17, 15) is 13.2 Å². The van der Waals surface area contributed by atoms with Crippen molar-refractivity contribution in [2.75, 3.05) is 0 Å². The van der Waals surface area contributed by atoms with Crippen LogP contribution in [0.25, 0.3) is 27.5 Å². The SMILES string of the molecule is FC(F)(F)c1ccc(-c2cn3nnnc3c3cc(Br)ccc23)cc1. The lowest BCUT2D eigenvalue weighted by molar-refractivity contribution is -0.137. The highest BCUT2D eigenvalue weighted by atomic mass is 79.9. The highest BCUT2D eigenvalue weighted by Gasteiger charge is 2.30. The van der Waals surface area contributed by atoms with Gasteiger partial charge in [-0.3, -0.25) is 0 Å².